The van der Waals surface area contributed by atoms with E-state index in [9.17, 15) is 15.3 Å². The second-order valence-corrected chi connectivity index (χ2v) is 10.3. The van der Waals surface area contributed by atoms with Crippen molar-refractivity contribution in [2.45, 2.75) is 0 Å². The Morgan fingerprint density at radius 2 is 1.11 bits per heavy atom. The van der Waals surface area contributed by atoms with E-state index >= 15 is 0 Å². The Morgan fingerprint density at radius 3 is 1.68 bits per heavy atom. The minimum absolute atomic E-state index is 0.0164. The summed E-state index contributed by atoms with van der Waals surface area (Å²) in [5.74, 6) is -0.571. The topological polar surface area (TPSA) is 60.7 Å². The summed E-state index contributed by atoms with van der Waals surface area (Å²) >= 11 is 7.35. The molecule has 3 N–H and O–H groups in total. The minimum Gasteiger partial charge on any atom is -0.508 e. The number of rotatable bonds is 3. The van der Waals surface area contributed by atoms with Crippen molar-refractivity contribution in [2.75, 3.05) is 0 Å². The average Bonchev–Trinajstić information content (AvgIpc) is 3.31. The van der Waals surface area contributed by atoms with Crippen LogP contribution in [0.4, 0.5) is 0 Å². The lowest BCUT2D eigenvalue weighted by molar-refractivity contribution is 0.475. The highest BCUT2D eigenvalue weighted by atomic mass is 35.5. The zero-order valence-electron chi connectivity index (χ0n) is 19.4. The van der Waals surface area contributed by atoms with Crippen molar-refractivity contribution in [1.82, 2.24) is 0 Å². The van der Waals surface area contributed by atoms with Gasteiger partial charge in [0.2, 0.25) is 0 Å². The Bertz CT molecular complexity index is 1780. The number of fused-ring (bicyclic) bond motifs is 3. The van der Waals surface area contributed by atoms with E-state index < -0.39 is 0 Å². The zero-order chi connectivity index (χ0) is 25.8. The molecule has 37 heavy (non-hydrogen) atoms. The van der Waals surface area contributed by atoms with Crippen LogP contribution in [0.5, 0.6) is 17.2 Å². The molecule has 0 aliphatic heterocycles. The molecule has 0 atom stereocenters. The maximum absolute atomic E-state index is 11.5. The fraction of sp³-hybridized carbons (Fsp3) is 0. The molecule has 1 heterocycles. The van der Waals surface area contributed by atoms with Crippen molar-refractivity contribution in [3.63, 3.8) is 0 Å². The molecule has 7 heteroatoms. The summed E-state index contributed by atoms with van der Waals surface area (Å²) in [4.78, 5) is 0. The zero-order valence-corrected chi connectivity index (χ0v) is 20.9. The predicted octanol–water partition coefficient (Wildman–Crippen LogP) is 6.41. The number of hydrogen-bond acceptors (Lipinski definition) is 4. The van der Waals surface area contributed by atoms with Gasteiger partial charge in [0.15, 0.2) is 0 Å². The molecular weight excluding hydrogens is 497 g/mol. The molecule has 174 valence electrons. The van der Waals surface area contributed by atoms with Gasteiger partial charge in [-0.3, -0.25) is 0 Å². The summed E-state index contributed by atoms with van der Waals surface area (Å²) in [6.07, 6.45) is 0. The van der Waals surface area contributed by atoms with Gasteiger partial charge >= 0.3 is 0 Å². The Labute approximate surface area is 225 Å². The van der Waals surface area contributed by atoms with E-state index in [1.54, 1.807) is 6.07 Å². The molecular formula is C30H17B2ClO3S. The molecule has 0 aliphatic carbocycles. The van der Waals surface area contributed by atoms with Gasteiger partial charge in [0.05, 0.1) is 9.72 Å². The van der Waals surface area contributed by atoms with Crippen LogP contribution >= 0.6 is 22.9 Å². The van der Waals surface area contributed by atoms with Gasteiger partial charge in [0.1, 0.15) is 32.9 Å². The lowest BCUT2D eigenvalue weighted by atomic mass is 9.81. The Hall–Kier alpha value is -3.86. The molecule has 3 nitrogen and oxygen atoms in total. The van der Waals surface area contributed by atoms with E-state index in [0.717, 1.165) is 22.3 Å². The van der Waals surface area contributed by atoms with Gasteiger partial charge in [-0.15, -0.1) is 11.3 Å². The van der Waals surface area contributed by atoms with Gasteiger partial charge < -0.3 is 15.3 Å². The monoisotopic (exact) mass is 514 g/mol. The van der Waals surface area contributed by atoms with Crippen molar-refractivity contribution in [3.8, 4) is 50.6 Å². The summed E-state index contributed by atoms with van der Waals surface area (Å²) < 4.78 is 1.01. The first-order valence-corrected chi connectivity index (χ1v) is 12.7. The van der Waals surface area contributed by atoms with Crippen LogP contribution in [0.3, 0.4) is 0 Å². The number of phenolic OH excluding ortho intramolecular Hbond substituents is 3. The van der Waals surface area contributed by atoms with E-state index in [0.29, 0.717) is 25.9 Å². The highest BCUT2D eigenvalue weighted by molar-refractivity contribution is 7.26. The van der Waals surface area contributed by atoms with Gasteiger partial charge in [-0.1, -0.05) is 72.3 Å². The standard InChI is InChI=1S/C30H17B2ClO3S/c31-25-22(29(36)30-24(28(25)35)23-21(37-30)14-20(33)27(34)26(23)32)19-12-17(15-7-3-1-4-8-15)11-18(13-19)16-9-5-2-6-10-16/h1-14,34-36H. The molecule has 0 amide bonds. The third kappa shape index (κ3) is 3.76. The van der Waals surface area contributed by atoms with Crippen LogP contribution < -0.4 is 10.9 Å². The highest BCUT2D eigenvalue weighted by Crippen LogP contribution is 2.48. The quantitative estimate of drug-likeness (QED) is 0.189. The molecule has 0 saturated heterocycles. The number of phenols is 3. The van der Waals surface area contributed by atoms with Crippen molar-refractivity contribution >= 4 is 69.7 Å². The van der Waals surface area contributed by atoms with Gasteiger partial charge in [-0.2, -0.15) is 0 Å². The second-order valence-electron chi connectivity index (χ2n) is 8.82. The molecule has 0 aliphatic rings. The second kappa shape index (κ2) is 8.91. The van der Waals surface area contributed by atoms with Crippen molar-refractivity contribution in [1.29, 1.82) is 0 Å². The van der Waals surface area contributed by atoms with Crippen LogP contribution in [-0.4, -0.2) is 31.0 Å². The van der Waals surface area contributed by atoms with Crippen LogP contribution in [0.2, 0.25) is 5.02 Å². The predicted molar refractivity (Wildman–Crippen MR) is 156 cm³/mol. The fourth-order valence-corrected chi connectivity index (χ4v) is 6.28. The first-order chi connectivity index (χ1) is 17.8. The number of thiophene rings is 1. The normalized spacial score (nSPS) is 11.4. The van der Waals surface area contributed by atoms with Gasteiger partial charge in [-0.25, -0.2) is 0 Å². The number of benzene rings is 5. The summed E-state index contributed by atoms with van der Waals surface area (Å²) in [5.41, 5.74) is 4.89. The van der Waals surface area contributed by atoms with Crippen LogP contribution in [-0.2, 0) is 0 Å². The lowest BCUT2D eigenvalue weighted by Crippen LogP contribution is -2.10. The molecule has 0 unspecified atom stereocenters. The van der Waals surface area contributed by atoms with E-state index in [-0.39, 0.29) is 38.6 Å². The summed E-state index contributed by atoms with van der Waals surface area (Å²) in [6.45, 7) is 0. The van der Waals surface area contributed by atoms with Crippen molar-refractivity contribution in [2.24, 2.45) is 0 Å². The first kappa shape index (κ1) is 23.5. The molecule has 0 fully saturated rings. The van der Waals surface area contributed by atoms with Gasteiger partial charge in [0, 0.05) is 21.0 Å². The van der Waals surface area contributed by atoms with Gasteiger partial charge in [-0.05, 0) is 63.0 Å². The summed E-state index contributed by atoms with van der Waals surface area (Å²) in [6, 6.07) is 27.4. The average molecular weight is 515 g/mol. The smallest absolute Gasteiger partial charge is 0.140 e. The lowest BCUT2D eigenvalue weighted by Gasteiger charge is -2.16. The largest absolute Gasteiger partial charge is 0.508 e. The van der Waals surface area contributed by atoms with E-state index in [1.807, 2.05) is 72.8 Å². The van der Waals surface area contributed by atoms with E-state index in [2.05, 4.69) is 6.07 Å². The Kier molecular flexibility index (Phi) is 5.67. The molecule has 0 bridgehead atoms. The van der Waals surface area contributed by atoms with Crippen LogP contribution in [0.1, 0.15) is 0 Å². The number of aromatic hydroxyl groups is 3. The third-order valence-corrected chi connectivity index (χ3v) is 8.02. The molecule has 5 aromatic carbocycles. The van der Waals surface area contributed by atoms with Crippen LogP contribution in [0.15, 0.2) is 84.9 Å². The van der Waals surface area contributed by atoms with Crippen LogP contribution in [0, 0.1) is 0 Å². The van der Waals surface area contributed by atoms with E-state index in [1.165, 1.54) is 11.3 Å². The Balaban J connectivity index is 1.68. The summed E-state index contributed by atoms with van der Waals surface area (Å²) in [5, 5.41) is 33.9. The molecule has 6 rings (SSSR count). The fourth-order valence-electron chi connectivity index (χ4n) is 4.79. The number of hydrogen-bond donors (Lipinski definition) is 3. The Morgan fingerprint density at radius 1 is 0.568 bits per heavy atom. The maximum Gasteiger partial charge on any atom is 0.140 e. The third-order valence-electron chi connectivity index (χ3n) is 6.59. The highest BCUT2D eigenvalue weighted by Gasteiger charge is 2.24. The number of halogens is 1. The molecule has 4 radical (unpaired) electrons. The molecule has 0 saturated carbocycles. The minimum atomic E-state index is -0.279. The molecule has 0 spiro atoms. The maximum atomic E-state index is 11.5. The van der Waals surface area contributed by atoms with Crippen molar-refractivity contribution < 1.29 is 15.3 Å². The van der Waals surface area contributed by atoms with Crippen LogP contribution in [0.25, 0.3) is 53.6 Å². The summed E-state index contributed by atoms with van der Waals surface area (Å²) in [7, 11) is 12.6. The molecule has 6 aromatic rings. The SMILES string of the molecule is [B]c1c(-c2cc(-c3ccccc3)cc(-c3ccccc3)c2)c(O)c2sc3cc(Cl)c(O)c([B])c3c2c1O. The van der Waals surface area contributed by atoms with E-state index in [4.69, 9.17) is 27.3 Å². The first-order valence-electron chi connectivity index (χ1n) is 11.5. The molecule has 1 aromatic heterocycles. The van der Waals surface area contributed by atoms with Crippen molar-refractivity contribution in [3.05, 3.63) is 90.0 Å². The van der Waals surface area contributed by atoms with Gasteiger partial charge in [0.25, 0.3) is 0 Å².